The van der Waals surface area contributed by atoms with Gasteiger partial charge in [-0.15, -0.1) is 24.0 Å². The lowest BCUT2D eigenvalue weighted by Gasteiger charge is -2.12. The molecule has 0 saturated carbocycles. The van der Waals surface area contributed by atoms with Gasteiger partial charge in [-0.1, -0.05) is 18.2 Å². The second kappa shape index (κ2) is 11.7. The zero-order chi connectivity index (χ0) is 19.7. The molecule has 0 fully saturated rings. The Kier molecular flexibility index (Phi) is 9.97. The van der Waals surface area contributed by atoms with Crippen LogP contribution in [0.1, 0.15) is 11.1 Å². The first kappa shape index (κ1) is 23.9. The Morgan fingerprint density at radius 3 is 2.32 bits per heavy atom. The molecule has 0 atom stereocenters. The molecule has 5 nitrogen and oxygen atoms in total. The molecule has 28 heavy (non-hydrogen) atoms. The number of alkyl halides is 3. The fourth-order valence-corrected chi connectivity index (χ4v) is 2.14. The van der Waals surface area contributed by atoms with Gasteiger partial charge in [0.2, 0.25) is 5.88 Å². The van der Waals surface area contributed by atoms with Crippen molar-refractivity contribution >= 4 is 29.9 Å². The summed E-state index contributed by atoms with van der Waals surface area (Å²) in [4.78, 5) is 7.93. The molecule has 0 spiro atoms. The first-order valence-corrected chi connectivity index (χ1v) is 8.19. The van der Waals surface area contributed by atoms with Gasteiger partial charge >= 0.3 is 6.18 Å². The van der Waals surface area contributed by atoms with E-state index in [1.807, 2.05) is 0 Å². The van der Waals surface area contributed by atoms with Gasteiger partial charge in [-0.2, -0.15) is 13.2 Å². The smallest absolute Gasteiger partial charge is 0.422 e. The van der Waals surface area contributed by atoms with Crippen LogP contribution in [0.25, 0.3) is 0 Å². The molecule has 1 aromatic carbocycles. The predicted octanol–water partition coefficient (Wildman–Crippen LogP) is 3.69. The Labute approximate surface area is 177 Å². The monoisotopic (exact) mass is 512 g/mol. The summed E-state index contributed by atoms with van der Waals surface area (Å²) >= 11 is 0. The number of pyridine rings is 1. The molecular formula is C18H21F4IN4O. The number of guanidine groups is 1. The van der Waals surface area contributed by atoms with Crippen molar-refractivity contribution in [1.29, 1.82) is 0 Å². The lowest BCUT2D eigenvalue weighted by atomic mass is 10.1. The van der Waals surface area contributed by atoms with E-state index in [0.29, 0.717) is 25.5 Å². The van der Waals surface area contributed by atoms with E-state index in [1.54, 1.807) is 25.2 Å². The summed E-state index contributed by atoms with van der Waals surface area (Å²) in [5.74, 6) is 0.208. The van der Waals surface area contributed by atoms with Crippen molar-refractivity contribution in [3.8, 4) is 5.88 Å². The molecular weight excluding hydrogens is 491 g/mol. The normalized spacial score (nSPS) is 11.5. The van der Waals surface area contributed by atoms with Gasteiger partial charge in [-0.3, -0.25) is 4.99 Å². The van der Waals surface area contributed by atoms with Crippen molar-refractivity contribution in [3.63, 3.8) is 0 Å². The topological polar surface area (TPSA) is 58.5 Å². The molecule has 1 heterocycles. The van der Waals surface area contributed by atoms with Crippen molar-refractivity contribution in [2.24, 2.45) is 4.99 Å². The van der Waals surface area contributed by atoms with Gasteiger partial charge in [0.1, 0.15) is 5.82 Å². The zero-order valence-electron chi connectivity index (χ0n) is 15.1. The number of hydrogen-bond donors (Lipinski definition) is 2. The number of nitrogens with one attached hydrogen (secondary N) is 2. The lowest BCUT2D eigenvalue weighted by Crippen LogP contribution is -2.37. The number of benzene rings is 1. The summed E-state index contributed by atoms with van der Waals surface area (Å²) in [6.45, 7) is -0.376. The standard InChI is InChI=1S/C18H20F4N4O.HI/c1-23-17(24-9-8-13-2-5-15(19)6-3-13)26-11-14-4-7-16(25-10-14)27-12-18(20,21)22;/h2-7,10H,8-9,11-12H2,1H3,(H2,23,24,26);1H. The van der Waals surface area contributed by atoms with Crippen LogP contribution >= 0.6 is 24.0 Å². The average Bonchev–Trinajstić information content (AvgIpc) is 2.64. The minimum Gasteiger partial charge on any atom is -0.468 e. The van der Waals surface area contributed by atoms with Crippen LogP contribution < -0.4 is 15.4 Å². The number of hydrogen-bond acceptors (Lipinski definition) is 3. The van der Waals surface area contributed by atoms with E-state index in [9.17, 15) is 17.6 Å². The maximum atomic E-state index is 12.9. The van der Waals surface area contributed by atoms with Crippen LogP contribution in [0, 0.1) is 5.82 Å². The lowest BCUT2D eigenvalue weighted by molar-refractivity contribution is -0.154. The van der Waals surface area contributed by atoms with Crippen LogP contribution in [0.4, 0.5) is 17.6 Å². The first-order valence-electron chi connectivity index (χ1n) is 8.19. The van der Waals surface area contributed by atoms with Gasteiger partial charge < -0.3 is 15.4 Å². The maximum Gasteiger partial charge on any atom is 0.422 e. The molecule has 2 rings (SSSR count). The van der Waals surface area contributed by atoms with Crippen LogP contribution in [0.15, 0.2) is 47.6 Å². The van der Waals surface area contributed by atoms with E-state index in [0.717, 1.165) is 11.1 Å². The number of aliphatic imine (C=N–C) groups is 1. The Hall–Kier alpha value is -2.11. The van der Waals surface area contributed by atoms with E-state index >= 15 is 0 Å². The number of nitrogens with zero attached hydrogens (tertiary/aromatic N) is 2. The molecule has 0 amide bonds. The second-order valence-corrected chi connectivity index (χ2v) is 5.64. The highest BCUT2D eigenvalue weighted by atomic mass is 127. The SMILES string of the molecule is CN=C(NCCc1ccc(F)cc1)NCc1ccc(OCC(F)(F)F)nc1.I. The van der Waals surface area contributed by atoms with Crippen molar-refractivity contribution in [3.05, 3.63) is 59.5 Å². The van der Waals surface area contributed by atoms with Crippen molar-refractivity contribution < 1.29 is 22.3 Å². The summed E-state index contributed by atoms with van der Waals surface area (Å²) in [6, 6.07) is 9.28. The molecule has 0 radical (unpaired) electrons. The van der Waals surface area contributed by atoms with E-state index in [4.69, 9.17) is 0 Å². The molecule has 0 aliphatic carbocycles. The minimum atomic E-state index is -4.39. The van der Waals surface area contributed by atoms with E-state index in [1.165, 1.54) is 24.4 Å². The number of ether oxygens (including phenoxy) is 1. The van der Waals surface area contributed by atoms with Crippen molar-refractivity contribution in [2.45, 2.75) is 19.1 Å². The summed E-state index contributed by atoms with van der Waals surface area (Å²) in [7, 11) is 1.62. The molecule has 0 bridgehead atoms. The van der Waals surface area contributed by atoms with Crippen molar-refractivity contribution in [1.82, 2.24) is 15.6 Å². The van der Waals surface area contributed by atoms with Gasteiger partial charge in [-0.25, -0.2) is 9.37 Å². The van der Waals surface area contributed by atoms with E-state index < -0.39 is 12.8 Å². The van der Waals surface area contributed by atoms with Crippen LogP contribution in [0.2, 0.25) is 0 Å². The van der Waals surface area contributed by atoms with Crippen LogP contribution in [-0.2, 0) is 13.0 Å². The van der Waals surface area contributed by atoms with E-state index in [-0.39, 0.29) is 35.7 Å². The third kappa shape index (κ3) is 9.20. The summed E-state index contributed by atoms with van der Waals surface area (Å²) in [5, 5.41) is 6.20. The molecule has 2 aromatic rings. The van der Waals surface area contributed by atoms with E-state index in [2.05, 4.69) is 25.3 Å². The summed E-state index contributed by atoms with van der Waals surface area (Å²) < 4.78 is 53.7. The molecule has 0 unspecified atom stereocenters. The third-order valence-electron chi connectivity index (χ3n) is 3.48. The van der Waals surface area contributed by atoms with Crippen LogP contribution in [0.5, 0.6) is 5.88 Å². The molecule has 0 aliphatic heterocycles. The van der Waals surface area contributed by atoms with Gasteiger partial charge in [0.15, 0.2) is 12.6 Å². The van der Waals surface area contributed by atoms with Crippen LogP contribution in [-0.4, -0.2) is 37.3 Å². The molecule has 0 saturated heterocycles. The fourth-order valence-electron chi connectivity index (χ4n) is 2.14. The van der Waals surface area contributed by atoms with Gasteiger partial charge in [0, 0.05) is 32.4 Å². The van der Waals surface area contributed by atoms with Crippen molar-refractivity contribution in [2.75, 3.05) is 20.2 Å². The molecule has 0 aliphatic rings. The number of halogens is 5. The van der Waals surface area contributed by atoms with Gasteiger partial charge in [0.25, 0.3) is 0 Å². The summed E-state index contributed by atoms with van der Waals surface area (Å²) in [5.41, 5.74) is 1.76. The Bertz CT molecular complexity index is 737. The Balaban J connectivity index is 0.00000392. The highest BCUT2D eigenvalue weighted by Crippen LogP contribution is 2.17. The molecule has 2 N–H and O–H groups in total. The molecule has 1 aromatic heterocycles. The Morgan fingerprint density at radius 1 is 1.07 bits per heavy atom. The maximum absolute atomic E-state index is 12.9. The predicted molar refractivity (Wildman–Crippen MR) is 110 cm³/mol. The van der Waals surface area contributed by atoms with Crippen LogP contribution in [0.3, 0.4) is 0 Å². The average molecular weight is 512 g/mol. The quantitative estimate of drug-likeness (QED) is 0.257. The zero-order valence-corrected chi connectivity index (χ0v) is 17.4. The van der Waals surface area contributed by atoms with Gasteiger partial charge in [0.05, 0.1) is 0 Å². The third-order valence-corrected chi connectivity index (χ3v) is 3.48. The van der Waals surface area contributed by atoms with Gasteiger partial charge in [-0.05, 0) is 29.7 Å². The minimum absolute atomic E-state index is 0. The largest absolute Gasteiger partial charge is 0.468 e. The first-order chi connectivity index (χ1) is 12.9. The highest BCUT2D eigenvalue weighted by molar-refractivity contribution is 14.0. The Morgan fingerprint density at radius 2 is 1.75 bits per heavy atom. The highest BCUT2D eigenvalue weighted by Gasteiger charge is 2.28. The molecule has 10 heteroatoms. The fraction of sp³-hybridized carbons (Fsp3) is 0.333. The number of rotatable bonds is 7. The summed E-state index contributed by atoms with van der Waals surface area (Å²) in [6.07, 6.45) is -2.26. The second-order valence-electron chi connectivity index (χ2n) is 5.64. The molecule has 154 valence electrons. The number of aromatic nitrogens is 1.